The number of rotatable bonds is 4. The Morgan fingerprint density at radius 3 is 2.50 bits per heavy atom. The van der Waals surface area contributed by atoms with Crippen molar-refractivity contribution in [1.29, 1.82) is 0 Å². The number of hydrogen-bond acceptors (Lipinski definition) is 3. The fraction of sp³-hybridized carbons (Fsp3) is 0.280. The predicted octanol–water partition coefficient (Wildman–Crippen LogP) is 4.98. The van der Waals surface area contributed by atoms with Crippen LogP contribution in [0.25, 0.3) is 11.1 Å². The van der Waals surface area contributed by atoms with Crippen LogP contribution in [-0.2, 0) is 6.54 Å². The van der Waals surface area contributed by atoms with E-state index >= 15 is 0 Å². The normalized spacial score (nSPS) is 23.0. The number of nitrogens with one attached hydrogen (secondary N) is 1. The average Bonchev–Trinajstić information content (AvgIpc) is 3.18. The summed E-state index contributed by atoms with van der Waals surface area (Å²) in [4.78, 5) is 2.41. The Hall–Kier alpha value is -2.76. The molecule has 3 aromatic rings. The van der Waals surface area contributed by atoms with Gasteiger partial charge in [-0.05, 0) is 71.6 Å². The molecule has 1 fully saturated rings. The number of hydrogen-bond donors (Lipinski definition) is 2. The van der Waals surface area contributed by atoms with Crippen LogP contribution in [0, 0.1) is 17.6 Å². The van der Waals surface area contributed by atoms with Crippen LogP contribution in [0.5, 0.6) is 0 Å². The lowest BCUT2D eigenvalue weighted by Gasteiger charge is -2.39. The summed E-state index contributed by atoms with van der Waals surface area (Å²) in [6.45, 7) is 1.72. The van der Waals surface area contributed by atoms with Crippen molar-refractivity contribution in [1.82, 2.24) is 4.90 Å². The maximum Gasteiger partial charge on any atom is 0.123 e. The van der Waals surface area contributed by atoms with Crippen LogP contribution < -0.4 is 5.32 Å². The fourth-order valence-corrected chi connectivity index (χ4v) is 5.01. The van der Waals surface area contributed by atoms with Gasteiger partial charge in [0, 0.05) is 24.2 Å². The van der Waals surface area contributed by atoms with Gasteiger partial charge in [0.2, 0.25) is 0 Å². The minimum atomic E-state index is -0.250. The lowest BCUT2D eigenvalue weighted by Crippen LogP contribution is -2.41. The van der Waals surface area contributed by atoms with E-state index in [1.807, 2.05) is 30.3 Å². The Morgan fingerprint density at radius 2 is 1.73 bits per heavy atom. The first kappa shape index (κ1) is 19.2. The van der Waals surface area contributed by atoms with E-state index in [9.17, 15) is 13.9 Å². The highest BCUT2D eigenvalue weighted by Crippen LogP contribution is 2.47. The first-order valence-electron chi connectivity index (χ1n) is 10.4. The van der Waals surface area contributed by atoms with Gasteiger partial charge in [0.25, 0.3) is 0 Å². The monoisotopic (exact) mass is 406 g/mol. The smallest absolute Gasteiger partial charge is 0.123 e. The van der Waals surface area contributed by atoms with E-state index in [2.05, 4.69) is 16.3 Å². The maximum atomic E-state index is 13.8. The molecule has 2 heterocycles. The van der Waals surface area contributed by atoms with E-state index in [1.54, 1.807) is 12.1 Å². The number of anilines is 1. The van der Waals surface area contributed by atoms with Crippen molar-refractivity contribution < 1.29 is 13.9 Å². The van der Waals surface area contributed by atoms with Crippen LogP contribution in [0.15, 0.2) is 66.7 Å². The molecule has 0 radical (unpaired) electrons. The Kier molecular flexibility index (Phi) is 5.01. The molecule has 0 bridgehead atoms. The zero-order valence-electron chi connectivity index (χ0n) is 16.6. The third-order valence-corrected chi connectivity index (χ3v) is 6.43. The van der Waals surface area contributed by atoms with Crippen LogP contribution in [0.1, 0.15) is 23.6 Å². The third-order valence-electron chi connectivity index (χ3n) is 6.43. The fourth-order valence-electron chi connectivity index (χ4n) is 5.01. The van der Waals surface area contributed by atoms with Gasteiger partial charge in [-0.2, -0.15) is 0 Å². The second-order valence-electron chi connectivity index (χ2n) is 8.24. The van der Waals surface area contributed by atoms with Crippen LogP contribution in [0.3, 0.4) is 0 Å². The molecule has 3 atom stereocenters. The number of aliphatic hydroxyl groups excluding tert-OH is 1. The SMILES string of the molecule is OC[C@H]1Nc2ccc(-c3cccc(F)c3)cc2[C@H]2[C@@H]1CCN2Cc1ccc(F)cc1. The van der Waals surface area contributed by atoms with Crippen LogP contribution in [-0.4, -0.2) is 29.2 Å². The highest BCUT2D eigenvalue weighted by atomic mass is 19.1. The summed E-state index contributed by atoms with van der Waals surface area (Å²) in [6, 6.07) is 19.6. The number of aliphatic hydroxyl groups is 1. The highest BCUT2D eigenvalue weighted by molar-refractivity contribution is 5.70. The molecule has 2 aliphatic rings. The third kappa shape index (κ3) is 3.48. The molecular weight excluding hydrogens is 382 g/mol. The van der Waals surface area contributed by atoms with Crippen molar-refractivity contribution in [2.45, 2.75) is 25.0 Å². The molecule has 2 N–H and O–H groups in total. The molecule has 2 aliphatic heterocycles. The first-order valence-corrected chi connectivity index (χ1v) is 10.4. The summed E-state index contributed by atoms with van der Waals surface area (Å²) in [7, 11) is 0. The molecule has 5 heteroatoms. The molecule has 0 unspecified atom stereocenters. The average molecular weight is 406 g/mol. The van der Waals surface area contributed by atoms with Gasteiger partial charge in [-0.3, -0.25) is 4.90 Å². The van der Waals surface area contributed by atoms with Gasteiger partial charge >= 0.3 is 0 Å². The van der Waals surface area contributed by atoms with Crippen LogP contribution in [0.4, 0.5) is 14.5 Å². The molecule has 3 nitrogen and oxygen atoms in total. The Labute approximate surface area is 175 Å². The van der Waals surface area contributed by atoms with Crippen molar-refractivity contribution in [3.8, 4) is 11.1 Å². The number of nitrogens with zero attached hydrogens (tertiary/aromatic N) is 1. The quantitative estimate of drug-likeness (QED) is 0.641. The number of fused-ring (bicyclic) bond motifs is 3. The molecule has 0 aliphatic carbocycles. The van der Waals surface area contributed by atoms with Gasteiger partial charge in [-0.25, -0.2) is 8.78 Å². The van der Waals surface area contributed by atoms with Gasteiger partial charge in [0.05, 0.1) is 12.6 Å². The number of likely N-dealkylation sites (tertiary alicyclic amines) is 1. The van der Waals surface area contributed by atoms with E-state index in [1.165, 1.54) is 23.8 Å². The standard InChI is InChI=1S/C25H24F2N2O/c26-19-7-4-16(5-8-19)14-29-11-10-21-24(15-30)28-23-9-6-18(13-22(23)25(21)29)17-2-1-3-20(27)12-17/h1-9,12-13,21,24-25,28,30H,10-11,14-15H2/t21-,24-,25-/m1/s1. The zero-order valence-corrected chi connectivity index (χ0v) is 16.6. The first-order chi connectivity index (χ1) is 14.6. The Bertz CT molecular complexity index is 1050. The summed E-state index contributed by atoms with van der Waals surface area (Å²) in [5, 5.41) is 13.5. The van der Waals surface area contributed by atoms with Crippen molar-refractivity contribution in [3.63, 3.8) is 0 Å². The topological polar surface area (TPSA) is 35.5 Å². The molecule has 1 saturated heterocycles. The Morgan fingerprint density at radius 1 is 0.933 bits per heavy atom. The molecule has 0 amide bonds. The zero-order chi connectivity index (χ0) is 20.7. The van der Waals surface area contributed by atoms with Gasteiger partial charge in [0.15, 0.2) is 0 Å². The Balaban J connectivity index is 1.53. The summed E-state index contributed by atoms with van der Waals surface area (Å²) in [6.07, 6.45) is 0.980. The second kappa shape index (κ2) is 7.82. The minimum Gasteiger partial charge on any atom is -0.394 e. The summed E-state index contributed by atoms with van der Waals surface area (Å²) < 4.78 is 27.1. The van der Waals surface area contributed by atoms with Gasteiger partial charge in [-0.15, -0.1) is 0 Å². The number of halogens is 2. The van der Waals surface area contributed by atoms with Crippen LogP contribution in [0.2, 0.25) is 0 Å². The predicted molar refractivity (Wildman–Crippen MR) is 114 cm³/mol. The summed E-state index contributed by atoms with van der Waals surface area (Å²) in [5.41, 5.74) is 5.08. The van der Waals surface area contributed by atoms with Gasteiger partial charge in [-0.1, -0.05) is 30.3 Å². The minimum absolute atomic E-state index is 0.000683. The van der Waals surface area contributed by atoms with E-state index in [4.69, 9.17) is 0 Å². The van der Waals surface area contributed by atoms with Crippen molar-refractivity contribution in [2.75, 3.05) is 18.5 Å². The van der Waals surface area contributed by atoms with E-state index < -0.39 is 0 Å². The molecule has 5 rings (SSSR count). The lowest BCUT2D eigenvalue weighted by atomic mass is 9.82. The molecule has 30 heavy (non-hydrogen) atoms. The van der Waals surface area contributed by atoms with E-state index in [0.29, 0.717) is 0 Å². The molecule has 0 spiro atoms. The molecular formula is C25H24F2N2O. The second-order valence-corrected chi connectivity index (χ2v) is 8.24. The lowest BCUT2D eigenvalue weighted by molar-refractivity contribution is 0.172. The molecule has 0 saturated carbocycles. The van der Waals surface area contributed by atoms with E-state index in [0.717, 1.165) is 41.9 Å². The molecule has 3 aromatic carbocycles. The summed E-state index contributed by atoms with van der Waals surface area (Å²) >= 11 is 0. The van der Waals surface area contributed by atoms with Crippen molar-refractivity contribution in [3.05, 3.63) is 89.5 Å². The molecule has 0 aromatic heterocycles. The number of benzene rings is 3. The molecule has 154 valence electrons. The van der Waals surface area contributed by atoms with E-state index in [-0.39, 0.29) is 36.2 Å². The van der Waals surface area contributed by atoms with Gasteiger partial charge < -0.3 is 10.4 Å². The largest absolute Gasteiger partial charge is 0.394 e. The van der Waals surface area contributed by atoms with Crippen molar-refractivity contribution >= 4 is 5.69 Å². The van der Waals surface area contributed by atoms with Gasteiger partial charge in [0.1, 0.15) is 11.6 Å². The summed E-state index contributed by atoms with van der Waals surface area (Å²) in [5.74, 6) is -0.198. The highest BCUT2D eigenvalue weighted by Gasteiger charge is 2.43. The maximum absolute atomic E-state index is 13.8. The van der Waals surface area contributed by atoms with Crippen molar-refractivity contribution in [2.24, 2.45) is 5.92 Å². The van der Waals surface area contributed by atoms with Crippen LogP contribution >= 0.6 is 0 Å².